The summed E-state index contributed by atoms with van der Waals surface area (Å²) in [5.41, 5.74) is 0.847. The summed E-state index contributed by atoms with van der Waals surface area (Å²) < 4.78 is 0. The zero-order chi connectivity index (χ0) is 7.98. The van der Waals surface area contributed by atoms with Crippen LogP contribution in [-0.2, 0) is 0 Å². The normalized spacial score (nSPS) is 13.1. The number of hydrogen-bond donors (Lipinski definition) is 1. The van der Waals surface area contributed by atoms with E-state index in [1.807, 2.05) is 26.1 Å². The molecule has 0 saturated carbocycles. The molecule has 0 heterocycles. The topological polar surface area (TPSA) is 12.0 Å². The molecule has 0 aliphatic carbocycles. The van der Waals surface area contributed by atoms with E-state index in [1.54, 1.807) is 6.08 Å². The van der Waals surface area contributed by atoms with Gasteiger partial charge in [0.1, 0.15) is 0 Å². The molecule has 0 atom stereocenters. The van der Waals surface area contributed by atoms with Crippen LogP contribution in [0.2, 0.25) is 0 Å². The van der Waals surface area contributed by atoms with Gasteiger partial charge in [0.05, 0.1) is 10.7 Å². The van der Waals surface area contributed by atoms with Gasteiger partial charge in [0.25, 0.3) is 0 Å². The van der Waals surface area contributed by atoms with Gasteiger partial charge in [-0.05, 0) is 19.1 Å². The lowest BCUT2D eigenvalue weighted by atomic mass is 10.3. The third kappa shape index (κ3) is 2.74. The van der Waals surface area contributed by atoms with Crippen molar-refractivity contribution in [1.29, 1.82) is 0 Å². The highest BCUT2D eigenvalue weighted by Gasteiger charge is 1.91. The Hall–Kier alpha value is -0.690. The molecule has 0 spiro atoms. The van der Waals surface area contributed by atoms with E-state index in [9.17, 15) is 0 Å². The molecule has 0 unspecified atom stereocenters. The molecule has 56 valence electrons. The van der Waals surface area contributed by atoms with E-state index < -0.39 is 0 Å². The van der Waals surface area contributed by atoms with Crippen LogP contribution in [0.4, 0.5) is 0 Å². The fourth-order valence-corrected chi connectivity index (χ4v) is 0.853. The van der Waals surface area contributed by atoms with Gasteiger partial charge < -0.3 is 5.32 Å². The van der Waals surface area contributed by atoms with Crippen LogP contribution in [0.5, 0.6) is 0 Å². The molecule has 0 amide bonds. The van der Waals surface area contributed by atoms with E-state index in [0.717, 1.165) is 5.70 Å². The molecule has 0 aliphatic heterocycles. The summed E-state index contributed by atoms with van der Waals surface area (Å²) in [6.07, 6.45) is 5.38. The minimum absolute atomic E-state index is 0.681. The summed E-state index contributed by atoms with van der Waals surface area (Å²) in [5.74, 6) is 0. The van der Waals surface area contributed by atoms with Crippen molar-refractivity contribution >= 4 is 11.6 Å². The largest absolute Gasteiger partial charge is 0.387 e. The van der Waals surface area contributed by atoms with E-state index in [-0.39, 0.29) is 0 Å². The molecule has 0 saturated heterocycles. The maximum atomic E-state index is 5.81. The van der Waals surface area contributed by atoms with Gasteiger partial charge in [-0.2, -0.15) is 0 Å². The number of rotatable bonds is 3. The van der Waals surface area contributed by atoms with E-state index in [0.29, 0.717) is 5.03 Å². The van der Waals surface area contributed by atoms with Crippen molar-refractivity contribution in [2.24, 2.45) is 0 Å². The van der Waals surface area contributed by atoms with Crippen LogP contribution in [0.25, 0.3) is 0 Å². The fraction of sp³-hybridized carbons (Fsp3) is 0.250. The van der Waals surface area contributed by atoms with E-state index in [4.69, 9.17) is 11.6 Å². The summed E-state index contributed by atoms with van der Waals surface area (Å²) in [7, 11) is 1.81. The van der Waals surface area contributed by atoms with E-state index in [2.05, 4.69) is 11.9 Å². The second-order valence-corrected chi connectivity index (χ2v) is 2.12. The highest BCUT2D eigenvalue weighted by atomic mass is 35.5. The van der Waals surface area contributed by atoms with Crippen LogP contribution in [0.3, 0.4) is 0 Å². The molecule has 0 aromatic carbocycles. The zero-order valence-electron chi connectivity index (χ0n) is 6.32. The maximum Gasteiger partial charge on any atom is 0.0633 e. The maximum absolute atomic E-state index is 5.81. The van der Waals surface area contributed by atoms with Crippen LogP contribution in [0.15, 0.2) is 35.5 Å². The monoisotopic (exact) mass is 157 g/mol. The number of likely N-dealkylation sites (N-methyl/N-ethyl adjacent to an activating group) is 1. The fourth-order valence-electron chi connectivity index (χ4n) is 0.555. The molecular formula is C8H12ClN. The highest BCUT2D eigenvalue weighted by Crippen LogP contribution is 2.08. The lowest BCUT2D eigenvalue weighted by Crippen LogP contribution is -2.03. The molecule has 0 aromatic rings. The summed E-state index contributed by atoms with van der Waals surface area (Å²) in [4.78, 5) is 0. The van der Waals surface area contributed by atoms with Crippen LogP contribution >= 0.6 is 11.6 Å². The minimum Gasteiger partial charge on any atom is -0.387 e. The molecule has 0 fully saturated rings. The Bertz CT molecular complexity index is 168. The SMILES string of the molecule is C=C/C(NC)=C(Cl)\C=C/C. The summed E-state index contributed by atoms with van der Waals surface area (Å²) >= 11 is 5.81. The number of hydrogen-bond acceptors (Lipinski definition) is 1. The summed E-state index contributed by atoms with van der Waals surface area (Å²) in [6.45, 7) is 5.51. The van der Waals surface area contributed by atoms with Crippen molar-refractivity contribution in [1.82, 2.24) is 5.32 Å². The first-order valence-electron chi connectivity index (χ1n) is 3.09. The molecule has 1 nitrogen and oxygen atoms in total. The predicted molar refractivity (Wildman–Crippen MR) is 46.9 cm³/mol. The van der Waals surface area contributed by atoms with Gasteiger partial charge in [-0.3, -0.25) is 0 Å². The lowest BCUT2D eigenvalue weighted by molar-refractivity contribution is 1.03. The van der Waals surface area contributed by atoms with Crippen LogP contribution in [0.1, 0.15) is 6.92 Å². The number of allylic oxidation sites excluding steroid dienone is 4. The molecule has 0 aliphatic rings. The van der Waals surface area contributed by atoms with E-state index >= 15 is 0 Å². The smallest absolute Gasteiger partial charge is 0.0633 e. The number of nitrogens with one attached hydrogen (secondary N) is 1. The van der Waals surface area contributed by atoms with Crippen molar-refractivity contribution in [3.63, 3.8) is 0 Å². The van der Waals surface area contributed by atoms with Crippen LogP contribution in [-0.4, -0.2) is 7.05 Å². The van der Waals surface area contributed by atoms with Gasteiger partial charge in [-0.15, -0.1) is 0 Å². The standard InChI is InChI=1S/C8H12ClN/c1-4-6-7(9)8(5-2)10-3/h4-6,10H,2H2,1,3H3/b6-4-,8-7-. The molecule has 0 bridgehead atoms. The molecule has 10 heavy (non-hydrogen) atoms. The Kier molecular flexibility index (Phi) is 4.77. The number of halogens is 1. The van der Waals surface area contributed by atoms with Gasteiger partial charge in [-0.1, -0.05) is 24.3 Å². The second kappa shape index (κ2) is 5.12. The van der Waals surface area contributed by atoms with Gasteiger partial charge in [0, 0.05) is 7.05 Å². The van der Waals surface area contributed by atoms with Crippen molar-refractivity contribution in [2.75, 3.05) is 7.05 Å². The van der Waals surface area contributed by atoms with Crippen LogP contribution in [0, 0.1) is 0 Å². The molecule has 0 radical (unpaired) electrons. The third-order valence-corrected chi connectivity index (χ3v) is 1.37. The highest BCUT2D eigenvalue weighted by molar-refractivity contribution is 6.31. The summed E-state index contributed by atoms with van der Waals surface area (Å²) in [5, 5.41) is 3.60. The van der Waals surface area contributed by atoms with Gasteiger partial charge in [-0.25, -0.2) is 0 Å². The Balaban J connectivity index is 4.42. The minimum atomic E-state index is 0.681. The Morgan fingerprint density at radius 3 is 2.50 bits per heavy atom. The predicted octanol–water partition coefficient (Wildman–Crippen LogP) is 2.42. The summed E-state index contributed by atoms with van der Waals surface area (Å²) in [6, 6.07) is 0. The second-order valence-electron chi connectivity index (χ2n) is 1.72. The van der Waals surface area contributed by atoms with Gasteiger partial charge in [0.15, 0.2) is 0 Å². The van der Waals surface area contributed by atoms with Crippen molar-refractivity contribution in [3.05, 3.63) is 35.5 Å². The molecule has 0 aromatic heterocycles. The van der Waals surface area contributed by atoms with Gasteiger partial charge in [0.2, 0.25) is 0 Å². The van der Waals surface area contributed by atoms with Crippen molar-refractivity contribution < 1.29 is 0 Å². The first-order valence-corrected chi connectivity index (χ1v) is 3.46. The van der Waals surface area contributed by atoms with Gasteiger partial charge >= 0.3 is 0 Å². The Morgan fingerprint density at radius 1 is 1.60 bits per heavy atom. The Labute approximate surface area is 67.1 Å². The first kappa shape index (κ1) is 9.31. The first-order chi connectivity index (χ1) is 4.76. The Morgan fingerprint density at radius 2 is 2.20 bits per heavy atom. The molecular weight excluding hydrogens is 146 g/mol. The lowest BCUT2D eigenvalue weighted by Gasteiger charge is -1.99. The van der Waals surface area contributed by atoms with Crippen molar-refractivity contribution in [3.8, 4) is 0 Å². The average Bonchev–Trinajstić information content (AvgIpc) is 1.91. The van der Waals surface area contributed by atoms with E-state index in [1.165, 1.54) is 0 Å². The average molecular weight is 158 g/mol. The van der Waals surface area contributed by atoms with Crippen molar-refractivity contribution in [2.45, 2.75) is 6.92 Å². The van der Waals surface area contributed by atoms with Crippen LogP contribution < -0.4 is 5.32 Å². The third-order valence-electron chi connectivity index (χ3n) is 1.04. The molecule has 1 N–H and O–H groups in total. The quantitative estimate of drug-likeness (QED) is 0.621. The molecule has 2 heteroatoms. The zero-order valence-corrected chi connectivity index (χ0v) is 7.07. The molecule has 0 rings (SSSR count).